The van der Waals surface area contributed by atoms with Crippen molar-refractivity contribution < 1.29 is 17.6 Å². The number of carbonyl (C=O) groups excluding carboxylic acids is 1. The van der Waals surface area contributed by atoms with Gasteiger partial charge in [-0.15, -0.1) is 0 Å². The standard InChI is InChI=1S/C18H18N2O4S/c1-12(17-11-13-6-3-4-9-16(13)24-17)20-18(21)14-7-5-8-15(10-14)25(22,23)19-2/h3-12,19H,1-2H3,(H,20,21). The number of carbonyl (C=O) groups is 1. The maximum absolute atomic E-state index is 12.4. The molecule has 1 atom stereocenters. The molecule has 1 heterocycles. The molecule has 0 radical (unpaired) electrons. The highest BCUT2D eigenvalue weighted by molar-refractivity contribution is 7.89. The lowest BCUT2D eigenvalue weighted by Gasteiger charge is -2.12. The van der Waals surface area contributed by atoms with E-state index in [-0.39, 0.29) is 22.4 Å². The fourth-order valence-electron chi connectivity index (χ4n) is 2.49. The Bertz CT molecular complexity index is 991. The smallest absolute Gasteiger partial charge is 0.251 e. The average molecular weight is 358 g/mol. The molecule has 3 aromatic rings. The van der Waals surface area contributed by atoms with E-state index in [0.717, 1.165) is 11.0 Å². The molecule has 0 bridgehead atoms. The summed E-state index contributed by atoms with van der Waals surface area (Å²) >= 11 is 0. The van der Waals surface area contributed by atoms with Gasteiger partial charge >= 0.3 is 0 Å². The van der Waals surface area contributed by atoms with Gasteiger partial charge in [0.05, 0.1) is 10.9 Å². The van der Waals surface area contributed by atoms with E-state index in [0.29, 0.717) is 5.76 Å². The van der Waals surface area contributed by atoms with Crippen molar-refractivity contribution in [1.82, 2.24) is 10.0 Å². The normalized spacial score (nSPS) is 12.9. The van der Waals surface area contributed by atoms with Crippen molar-refractivity contribution >= 4 is 26.9 Å². The molecule has 3 rings (SSSR count). The second-order valence-corrected chi connectivity index (χ2v) is 7.50. The zero-order valence-electron chi connectivity index (χ0n) is 13.8. The fraction of sp³-hybridized carbons (Fsp3) is 0.167. The van der Waals surface area contributed by atoms with Gasteiger partial charge in [0.25, 0.3) is 5.91 Å². The highest BCUT2D eigenvalue weighted by Crippen LogP contribution is 2.24. The minimum absolute atomic E-state index is 0.0408. The Morgan fingerprint density at radius 1 is 1.08 bits per heavy atom. The second kappa shape index (κ2) is 6.70. The third kappa shape index (κ3) is 3.57. The maximum Gasteiger partial charge on any atom is 0.251 e. The Labute approximate surface area is 145 Å². The Balaban J connectivity index is 1.81. The third-order valence-electron chi connectivity index (χ3n) is 3.89. The molecular formula is C18H18N2O4S. The van der Waals surface area contributed by atoms with E-state index in [1.54, 1.807) is 6.07 Å². The lowest BCUT2D eigenvalue weighted by Crippen LogP contribution is -2.27. The van der Waals surface area contributed by atoms with Crippen LogP contribution in [-0.4, -0.2) is 21.4 Å². The first-order chi connectivity index (χ1) is 11.9. The van der Waals surface area contributed by atoms with Crippen LogP contribution in [0.15, 0.2) is 63.9 Å². The van der Waals surface area contributed by atoms with Gasteiger partial charge in [0.15, 0.2) is 0 Å². The van der Waals surface area contributed by atoms with E-state index in [1.807, 2.05) is 37.3 Å². The van der Waals surface area contributed by atoms with Gasteiger partial charge in [-0.25, -0.2) is 13.1 Å². The van der Waals surface area contributed by atoms with Crippen LogP contribution in [-0.2, 0) is 10.0 Å². The predicted molar refractivity (Wildman–Crippen MR) is 94.8 cm³/mol. The first-order valence-corrected chi connectivity index (χ1v) is 9.22. The van der Waals surface area contributed by atoms with Gasteiger partial charge in [-0.3, -0.25) is 4.79 Å². The molecule has 0 spiro atoms. The minimum Gasteiger partial charge on any atom is -0.459 e. The van der Waals surface area contributed by atoms with Crippen LogP contribution >= 0.6 is 0 Å². The van der Waals surface area contributed by atoms with Gasteiger partial charge in [-0.1, -0.05) is 24.3 Å². The largest absolute Gasteiger partial charge is 0.459 e. The van der Waals surface area contributed by atoms with Crippen molar-refractivity contribution in [3.63, 3.8) is 0 Å². The van der Waals surface area contributed by atoms with E-state index < -0.39 is 10.0 Å². The molecular weight excluding hydrogens is 340 g/mol. The summed E-state index contributed by atoms with van der Waals surface area (Å²) in [4.78, 5) is 12.5. The van der Waals surface area contributed by atoms with Crippen LogP contribution in [0.25, 0.3) is 11.0 Å². The molecule has 1 aromatic heterocycles. The molecule has 0 fully saturated rings. The number of hydrogen-bond donors (Lipinski definition) is 2. The van der Waals surface area contributed by atoms with E-state index in [2.05, 4.69) is 10.0 Å². The van der Waals surface area contributed by atoms with Gasteiger partial charge < -0.3 is 9.73 Å². The minimum atomic E-state index is -3.60. The quantitative estimate of drug-likeness (QED) is 0.734. The Kier molecular flexibility index (Phi) is 4.61. The van der Waals surface area contributed by atoms with E-state index in [9.17, 15) is 13.2 Å². The highest BCUT2D eigenvalue weighted by Gasteiger charge is 2.18. The van der Waals surface area contributed by atoms with E-state index in [1.165, 1.54) is 25.2 Å². The number of para-hydroxylation sites is 1. The van der Waals surface area contributed by atoms with Crippen LogP contribution < -0.4 is 10.0 Å². The number of rotatable bonds is 5. The highest BCUT2D eigenvalue weighted by atomic mass is 32.2. The van der Waals surface area contributed by atoms with Crippen molar-refractivity contribution in [3.05, 3.63) is 65.9 Å². The number of sulfonamides is 1. The van der Waals surface area contributed by atoms with Crippen molar-refractivity contribution in [2.45, 2.75) is 17.9 Å². The molecule has 2 aromatic carbocycles. The molecule has 25 heavy (non-hydrogen) atoms. The van der Waals surface area contributed by atoms with Crippen LogP contribution in [0.5, 0.6) is 0 Å². The van der Waals surface area contributed by atoms with Gasteiger partial charge in [0.1, 0.15) is 11.3 Å². The third-order valence-corrected chi connectivity index (χ3v) is 5.31. The van der Waals surface area contributed by atoms with Gasteiger partial charge in [-0.2, -0.15) is 0 Å². The number of benzene rings is 2. The zero-order chi connectivity index (χ0) is 18.0. The molecule has 0 aliphatic carbocycles. The number of amides is 1. The molecule has 1 unspecified atom stereocenters. The Hall–Kier alpha value is -2.64. The average Bonchev–Trinajstić information content (AvgIpc) is 3.06. The summed E-state index contributed by atoms with van der Waals surface area (Å²) in [7, 11) is -2.28. The molecule has 0 aliphatic rings. The second-order valence-electron chi connectivity index (χ2n) is 5.62. The maximum atomic E-state index is 12.4. The van der Waals surface area contributed by atoms with Crippen molar-refractivity contribution in [2.75, 3.05) is 7.05 Å². The van der Waals surface area contributed by atoms with Crippen LogP contribution in [0.2, 0.25) is 0 Å². The number of nitrogens with one attached hydrogen (secondary N) is 2. The summed E-state index contributed by atoms with van der Waals surface area (Å²) in [6.45, 7) is 1.81. The molecule has 2 N–H and O–H groups in total. The fourth-order valence-corrected chi connectivity index (χ4v) is 3.26. The summed E-state index contributed by atoms with van der Waals surface area (Å²) in [6, 6.07) is 15.0. The summed E-state index contributed by atoms with van der Waals surface area (Å²) < 4.78 is 31.7. The number of furan rings is 1. The summed E-state index contributed by atoms with van der Waals surface area (Å²) in [5.74, 6) is 0.259. The predicted octanol–water partition coefficient (Wildman–Crippen LogP) is 2.83. The van der Waals surface area contributed by atoms with Crippen molar-refractivity contribution in [3.8, 4) is 0 Å². The van der Waals surface area contributed by atoms with Crippen LogP contribution in [0, 0.1) is 0 Å². The summed E-state index contributed by atoms with van der Waals surface area (Å²) in [5.41, 5.74) is 1.01. The molecule has 1 amide bonds. The molecule has 0 saturated carbocycles. The first kappa shape index (κ1) is 17.2. The monoisotopic (exact) mass is 358 g/mol. The lowest BCUT2D eigenvalue weighted by molar-refractivity contribution is 0.0935. The Morgan fingerprint density at radius 2 is 1.84 bits per heavy atom. The summed E-state index contributed by atoms with van der Waals surface area (Å²) in [6.07, 6.45) is 0. The molecule has 0 saturated heterocycles. The van der Waals surface area contributed by atoms with Gasteiger partial charge in [0.2, 0.25) is 10.0 Å². The lowest BCUT2D eigenvalue weighted by atomic mass is 10.1. The molecule has 0 aliphatic heterocycles. The van der Waals surface area contributed by atoms with Gasteiger partial charge in [0, 0.05) is 10.9 Å². The topological polar surface area (TPSA) is 88.4 Å². The van der Waals surface area contributed by atoms with Crippen LogP contribution in [0.3, 0.4) is 0 Å². The van der Waals surface area contributed by atoms with Crippen molar-refractivity contribution in [2.24, 2.45) is 0 Å². The van der Waals surface area contributed by atoms with Crippen LogP contribution in [0.4, 0.5) is 0 Å². The molecule has 6 nitrogen and oxygen atoms in total. The zero-order valence-corrected chi connectivity index (χ0v) is 14.6. The first-order valence-electron chi connectivity index (χ1n) is 7.73. The van der Waals surface area contributed by atoms with Gasteiger partial charge in [-0.05, 0) is 44.3 Å². The van der Waals surface area contributed by atoms with E-state index in [4.69, 9.17) is 4.42 Å². The SMILES string of the molecule is CNS(=O)(=O)c1cccc(C(=O)NC(C)c2cc3ccccc3o2)c1. The van der Waals surface area contributed by atoms with E-state index >= 15 is 0 Å². The molecule has 130 valence electrons. The number of fused-ring (bicyclic) bond motifs is 1. The summed E-state index contributed by atoms with van der Waals surface area (Å²) in [5, 5.41) is 3.78. The Morgan fingerprint density at radius 3 is 2.56 bits per heavy atom. The van der Waals surface area contributed by atoms with Crippen LogP contribution in [0.1, 0.15) is 29.1 Å². The molecule has 7 heteroatoms. The number of hydrogen-bond acceptors (Lipinski definition) is 4. The van der Waals surface area contributed by atoms with Crippen molar-refractivity contribution in [1.29, 1.82) is 0 Å².